The van der Waals surface area contributed by atoms with Gasteiger partial charge in [0, 0.05) is 20.1 Å². The zero-order chi connectivity index (χ0) is 11.1. The number of nitrogens with zero attached hydrogens (tertiary/aromatic N) is 1. The molecule has 0 aromatic rings. The molecule has 1 heterocycles. The lowest BCUT2D eigenvalue weighted by molar-refractivity contribution is 0.182. The summed E-state index contributed by atoms with van der Waals surface area (Å²) in [6.07, 6.45) is 3.41. The summed E-state index contributed by atoms with van der Waals surface area (Å²) in [6, 6.07) is 0.0652. The summed E-state index contributed by atoms with van der Waals surface area (Å²) in [4.78, 5) is 13.5. The number of hydrogen-bond acceptors (Lipinski definition) is 2. The predicted octanol–water partition coefficient (Wildman–Crippen LogP) is 1.04. The predicted molar refractivity (Wildman–Crippen MR) is 61.9 cm³/mol. The highest BCUT2D eigenvalue weighted by atomic mass is 16.2. The average Bonchev–Trinajstić information content (AvgIpc) is 2.29. The standard InChI is InChI=1S/C11H23N3O/c1-3-8-14(11(15)12-2)9-10-4-6-13-7-5-10/h10,13H,3-9H2,1-2H3,(H,12,15). The first-order chi connectivity index (χ1) is 7.27. The molecule has 0 bridgehead atoms. The summed E-state index contributed by atoms with van der Waals surface area (Å²) in [5.41, 5.74) is 0. The van der Waals surface area contributed by atoms with E-state index in [0.29, 0.717) is 5.92 Å². The smallest absolute Gasteiger partial charge is 0.317 e. The molecule has 0 spiro atoms. The van der Waals surface area contributed by atoms with Crippen LogP contribution in [0.3, 0.4) is 0 Å². The van der Waals surface area contributed by atoms with Crippen LogP contribution < -0.4 is 10.6 Å². The van der Waals surface area contributed by atoms with E-state index in [-0.39, 0.29) is 6.03 Å². The number of urea groups is 1. The molecule has 1 fully saturated rings. The van der Waals surface area contributed by atoms with Gasteiger partial charge in [-0.05, 0) is 38.3 Å². The zero-order valence-electron chi connectivity index (χ0n) is 9.88. The van der Waals surface area contributed by atoms with E-state index in [2.05, 4.69) is 17.6 Å². The maximum absolute atomic E-state index is 11.6. The molecule has 1 aliphatic rings. The molecule has 2 N–H and O–H groups in total. The fourth-order valence-electron chi connectivity index (χ4n) is 2.08. The Balaban J connectivity index is 2.38. The minimum Gasteiger partial charge on any atom is -0.341 e. The summed E-state index contributed by atoms with van der Waals surface area (Å²) < 4.78 is 0. The normalized spacial score (nSPS) is 17.5. The Morgan fingerprint density at radius 3 is 2.67 bits per heavy atom. The van der Waals surface area contributed by atoms with Crippen LogP contribution in [-0.4, -0.2) is 44.2 Å². The highest BCUT2D eigenvalue weighted by molar-refractivity contribution is 5.73. The van der Waals surface area contributed by atoms with Crippen molar-refractivity contribution in [2.75, 3.05) is 33.2 Å². The molecule has 0 aliphatic carbocycles. The molecule has 15 heavy (non-hydrogen) atoms. The molecule has 1 aliphatic heterocycles. The maximum Gasteiger partial charge on any atom is 0.317 e. The van der Waals surface area contributed by atoms with E-state index in [1.165, 1.54) is 12.8 Å². The first-order valence-corrected chi connectivity index (χ1v) is 5.95. The topological polar surface area (TPSA) is 44.4 Å². The highest BCUT2D eigenvalue weighted by Crippen LogP contribution is 2.13. The molecule has 1 rings (SSSR count). The van der Waals surface area contributed by atoms with Crippen LogP contribution in [0, 0.1) is 5.92 Å². The van der Waals surface area contributed by atoms with E-state index < -0.39 is 0 Å². The van der Waals surface area contributed by atoms with Gasteiger partial charge in [-0.3, -0.25) is 0 Å². The fourth-order valence-corrected chi connectivity index (χ4v) is 2.08. The zero-order valence-corrected chi connectivity index (χ0v) is 9.88. The van der Waals surface area contributed by atoms with E-state index in [1.807, 2.05) is 4.90 Å². The number of amides is 2. The van der Waals surface area contributed by atoms with Crippen molar-refractivity contribution < 1.29 is 4.79 Å². The minimum absolute atomic E-state index is 0.0652. The van der Waals surface area contributed by atoms with Crippen molar-refractivity contribution >= 4 is 6.03 Å². The third-order valence-electron chi connectivity index (χ3n) is 2.93. The van der Waals surface area contributed by atoms with Gasteiger partial charge in [-0.25, -0.2) is 4.79 Å². The molecule has 4 heteroatoms. The second kappa shape index (κ2) is 6.67. The quantitative estimate of drug-likeness (QED) is 0.733. The van der Waals surface area contributed by atoms with Crippen molar-refractivity contribution in [1.29, 1.82) is 0 Å². The van der Waals surface area contributed by atoms with E-state index in [9.17, 15) is 4.79 Å². The van der Waals surface area contributed by atoms with Crippen molar-refractivity contribution in [3.63, 3.8) is 0 Å². The molecule has 0 atom stereocenters. The van der Waals surface area contributed by atoms with Gasteiger partial charge < -0.3 is 15.5 Å². The van der Waals surface area contributed by atoms with Gasteiger partial charge in [0.15, 0.2) is 0 Å². The van der Waals surface area contributed by atoms with Crippen LogP contribution in [0.4, 0.5) is 4.79 Å². The molecule has 0 unspecified atom stereocenters. The van der Waals surface area contributed by atoms with E-state index in [0.717, 1.165) is 32.6 Å². The number of piperidine rings is 1. The molecule has 0 aromatic heterocycles. The molecular formula is C11H23N3O. The van der Waals surface area contributed by atoms with Crippen LogP contribution in [0.5, 0.6) is 0 Å². The lowest BCUT2D eigenvalue weighted by Crippen LogP contribution is -2.43. The second-order valence-corrected chi connectivity index (χ2v) is 4.19. The van der Waals surface area contributed by atoms with E-state index in [1.54, 1.807) is 7.05 Å². The van der Waals surface area contributed by atoms with Gasteiger partial charge >= 0.3 is 6.03 Å². The van der Waals surface area contributed by atoms with E-state index >= 15 is 0 Å². The van der Waals surface area contributed by atoms with Gasteiger partial charge in [-0.2, -0.15) is 0 Å². The Morgan fingerprint density at radius 1 is 1.47 bits per heavy atom. The van der Waals surface area contributed by atoms with Gasteiger partial charge in [0.05, 0.1) is 0 Å². The number of hydrogen-bond donors (Lipinski definition) is 2. The van der Waals surface area contributed by atoms with Crippen molar-refractivity contribution in [3.8, 4) is 0 Å². The molecule has 4 nitrogen and oxygen atoms in total. The third kappa shape index (κ3) is 4.08. The maximum atomic E-state index is 11.6. The number of carbonyl (C=O) groups is 1. The van der Waals surface area contributed by atoms with Crippen molar-refractivity contribution in [3.05, 3.63) is 0 Å². The first kappa shape index (κ1) is 12.3. The van der Waals surface area contributed by atoms with Crippen LogP contribution in [0.2, 0.25) is 0 Å². The lowest BCUT2D eigenvalue weighted by atomic mass is 9.97. The Labute approximate surface area is 92.4 Å². The number of carbonyl (C=O) groups excluding carboxylic acids is 1. The molecule has 0 radical (unpaired) electrons. The number of nitrogens with one attached hydrogen (secondary N) is 2. The van der Waals surface area contributed by atoms with Crippen molar-refractivity contribution in [2.45, 2.75) is 26.2 Å². The van der Waals surface area contributed by atoms with Crippen molar-refractivity contribution in [1.82, 2.24) is 15.5 Å². The summed E-state index contributed by atoms with van der Waals surface area (Å²) in [7, 11) is 1.70. The van der Waals surface area contributed by atoms with Gasteiger partial charge in [0.25, 0.3) is 0 Å². The SMILES string of the molecule is CCCN(CC1CCNCC1)C(=O)NC. The van der Waals surface area contributed by atoms with Crippen LogP contribution in [0.1, 0.15) is 26.2 Å². The summed E-state index contributed by atoms with van der Waals surface area (Å²) >= 11 is 0. The van der Waals surface area contributed by atoms with Crippen LogP contribution in [-0.2, 0) is 0 Å². The summed E-state index contributed by atoms with van der Waals surface area (Å²) in [5, 5.41) is 6.05. The molecule has 0 saturated carbocycles. The monoisotopic (exact) mass is 213 g/mol. The fraction of sp³-hybridized carbons (Fsp3) is 0.909. The lowest BCUT2D eigenvalue weighted by Gasteiger charge is -2.29. The number of rotatable bonds is 4. The molecule has 88 valence electrons. The van der Waals surface area contributed by atoms with Gasteiger partial charge in [0.1, 0.15) is 0 Å². The molecule has 1 saturated heterocycles. The van der Waals surface area contributed by atoms with Gasteiger partial charge in [0.2, 0.25) is 0 Å². The van der Waals surface area contributed by atoms with E-state index in [4.69, 9.17) is 0 Å². The van der Waals surface area contributed by atoms with Gasteiger partial charge in [-0.1, -0.05) is 6.92 Å². The Bertz CT molecular complexity index is 190. The average molecular weight is 213 g/mol. The molecular weight excluding hydrogens is 190 g/mol. The first-order valence-electron chi connectivity index (χ1n) is 5.95. The van der Waals surface area contributed by atoms with Crippen LogP contribution in [0.15, 0.2) is 0 Å². The highest BCUT2D eigenvalue weighted by Gasteiger charge is 2.19. The summed E-state index contributed by atoms with van der Waals surface area (Å²) in [5.74, 6) is 0.676. The minimum atomic E-state index is 0.0652. The third-order valence-corrected chi connectivity index (χ3v) is 2.93. The molecule has 2 amide bonds. The largest absolute Gasteiger partial charge is 0.341 e. The van der Waals surface area contributed by atoms with Crippen LogP contribution in [0.25, 0.3) is 0 Å². The summed E-state index contributed by atoms with van der Waals surface area (Å²) in [6.45, 7) is 6.08. The van der Waals surface area contributed by atoms with Gasteiger partial charge in [-0.15, -0.1) is 0 Å². The van der Waals surface area contributed by atoms with Crippen molar-refractivity contribution in [2.24, 2.45) is 5.92 Å². The Morgan fingerprint density at radius 2 is 2.13 bits per heavy atom. The Hall–Kier alpha value is -0.770. The Kier molecular flexibility index (Phi) is 5.47. The van der Waals surface area contributed by atoms with Crippen LogP contribution >= 0.6 is 0 Å². The molecule has 0 aromatic carbocycles. The second-order valence-electron chi connectivity index (χ2n) is 4.19.